The molecule has 0 aliphatic rings. The van der Waals surface area contributed by atoms with E-state index in [2.05, 4.69) is 90.7 Å². The summed E-state index contributed by atoms with van der Waals surface area (Å²) >= 11 is 0. The fraction of sp³-hybridized carbons (Fsp3) is 0.0345. The summed E-state index contributed by atoms with van der Waals surface area (Å²) in [7, 11) is 0. The minimum Gasteiger partial charge on any atom is -0.310 e. The molecule has 0 spiro atoms. The van der Waals surface area contributed by atoms with Gasteiger partial charge in [0.25, 0.3) is 5.69 Å². The van der Waals surface area contributed by atoms with Crippen LogP contribution in [-0.4, -0.2) is 4.92 Å². The molecule has 4 nitrogen and oxygen atoms in total. The molecular formula is C29H20N2O2. The fourth-order valence-electron chi connectivity index (χ4n) is 4.78. The van der Waals surface area contributed by atoms with Gasteiger partial charge in [0.05, 0.1) is 16.3 Å². The van der Waals surface area contributed by atoms with Crippen LogP contribution in [-0.2, 0) is 0 Å². The van der Waals surface area contributed by atoms with E-state index in [1.54, 1.807) is 12.1 Å². The van der Waals surface area contributed by atoms with Crippen molar-refractivity contribution in [3.8, 4) is 0 Å². The Kier molecular flexibility index (Phi) is 4.27. The Morgan fingerprint density at radius 3 is 2.03 bits per heavy atom. The fourth-order valence-corrected chi connectivity index (χ4v) is 4.78. The highest BCUT2D eigenvalue weighted by molar-refractivity contribution is 6.25. The minimum absolute atomic E-state index is 0.0716. The van der Waals surface area contributed by atoms with Crippen molar-refractivity contribution in [2.45, 2.75) is 6.92 Å². The second-order valence-corrected chi connectivity index (χ2v) is 8.39. The molecule has 33 heavy (non-hydrogen) atoms. The van der Waals surface area contributed by atoms with Gasteiger partial charge >= 0.3 is 0 Å². The maximum Gasteiger partial charge on any atom is 0.271 e. The molecule has 0 radical (unpaired) electrons. The summed E-state index contributed by atoms with van der Waals surface area (Å²) in [4.78, 5) is 13.3. The number of anilines is 3. The van der Waals surface area contributed by atoms with Crippen molar-refractivity contribution in [1.82, 2.24) is 0 Å². The Hall–Kier alpha value is -4.44. The zero-order valence-corrected chi connectivity index (χ0v) is 18.0. The number of nitro groups is 1. The van der Waals surface area contributed by atoms with Crippen molar-refractivity contribution in [3.63, 3.8) is 0 Å². The Balaban J connectivity index is 1.69. The molecule has 0 unspecified atom stereocenters. The summed E-state index contributed by atoms with van der Waals surface area (Å²) in [6.45, 7) is 2.05. The first kappa shape index (κ1) is 19.3. The number of hydrogen-bond donors (Lipinski definition) is 0. The largest absolute Gasteiger partial charge is 0.310 e. The first-order chi connectivity index (χ1) is 16.1. The van der Waals surface area contributed by atoms with Crippen LogP contribution in [0.1, 0.15) is 5.56 Å². The van der Waals surface area contributed by atoms with Gasteiger partial charge in [0.1, 0.15) is 0 Å². The third kappa shape index (κ3) is 3.07. The van der Waals surface area contributed by atoms with Crippen LogP contribution in [0.5, 0.6) is 0 Å². The van der Waals surface area contributed by atoms with E-state index in [1.165, 1.54) is 33.0 Å². The lowest BCUT2D eigenvalue weighted by molar-refractivity contribution is -0.384. The normalized spacial score (nSPS) is 11.4. The number of benzene rings is 6. The zero-order valence-electron chi connectivity index (χ0n) is 18.0. The molecule has 0 aromatic heterocycles. The predicted molar refractivity (Wildman–Crippen MR) is 136 cm³/mol. The summed E-state index contributed by atoms with van der Waals surface area (Å²) in [5, 5.41) is 18.7. The molecule has 0 aliphatic heterocycles. The molecule has 0 saturated heterocycles. The lowest BCUT2D eigenvalue weighted by Gasteiger charge is -2.27. The van der Waals surface area contributed by atoms with Crippen LogP contribution in [0.25, 0.3) is 32.3 Å². The number of rotatable bonds is 4. The van der Waals surface area contributed by atoms with Crippen LogP contribution in [0.2, 0.25) is 0 Å². The van der Waals surface area contributed by atoms with Gasteiger partial charge in [0.15, 0.2) is 0 Å². The average molecular weight is 428 g/mol. The van der Waals surface area contributed by atoms with Gasteiger partial charge < -0.3 is 4.90 Å². The van der Waals surface area contributed by atoms with Gasteiger partial charge in [-0.3, -0.25) is 10.1 Å². The third-order valence-corrected chi connectivity index (χ3v) is 6.34. The molecule has 0 saturated carbocycles. The molecule has 0 N–H and O–H groups in total. The lowest BCUT2D eigenvalue weighted by Crippen LogP contribution is -2.11. The first-order valence-electron chi connectivity index (χ1n) is 10.9. The third-order valence-electron chi connectivity index (χ3n) is 6.34. The van der Waals surface area contributed by atoms with E-state index in [0.29, 0.717) is 0 Å². The summed E-state index contributed by atoms with van der Waals surface area (Å²) in [5.74, 6) is 0. The molecule has 0 heterocycles. The highest BCUT2D eigenvalue weighted by atomic mass is 16.6. The zero-order chi connectivity index (χ0) is 22.5. The highest BCUT2D eigenvalue weighted by Crippen LogP contribution is 2.44. The van der Waals surface area contributed by atoms with Crippen LogP contribution < -0.4 is 4.90 Å². The van der Waals surface area contributed by atoms with Crippen molar-refractivity contribution >= 4 is 55.1 Å². The summed E-state index contributed by atoms with van der Waals surface area (Å²) in [6.07, 6.45) is 0. The van der Waals surface area contributed by atoms with E-state index < -0.39 is 0 Å². The summed E-state index contributed by atoms with van der Waals surface area (Å²) in [6, 6.07) is 34.4. The van der Waals surface area contributed by atoms with Crippen molar-refractivity contribution in [3.05, 3.63) is 119 Å². The summed E-state index contributed by atoms with van der Waals surface area (Å²) < 4.78 is 0. The van der Waals surface area contributed by atoms with E-state index >= 15 is 0 Å². The Bertz CT molecular complexity index is 1640. The maximum absolute atomic E-state index is 11.5. The van der Waals surface area contributed by atoms with Crippen molar-refractivity contribution < 1.29 is 4.92 Å². The van der Waals surface area contributed by atoms with E-state index in [1.807, 2.05) is 6.07 Å². The van der Waals surface area contributed by atoms with Gasteiger partial charge in [-0.2, -0.15) is 0 Å². The second kappa shape index (κ2) is 7.31. The molecule has 158 valence electrons. The van der Waals surface area contributed by atoms with E-state index in [-0.39, 0.29) is 10.6 Å². The number of non-ortho nitro benzene ring substituents is 1. The number of nitro benzene ring substituents is 1. The smallest absolute Gasteiger partial charge is 0.271 e. The van der Waals surface area contributed by atoms with Gasteiger partial charge in [0, 0.05) is 23.2 Å². The molecule has 6 rings (SSSR count). The molecule has 0 bridgehead atoms. The van der Waals surface area contributed by atoms with E-state index in [9.17, 15) is 10.1 Å². The number of hydrogen-bond acceptors (Lipinski definition) is 3. The Labute approximate surface area is 190 Å². The number of aryl methyl sites for hydroxylation is 1. The first-order valence-corrected chi connectivity index (χ1v) is 10.9. The quantitative estimate of drug-likeness (QED) is 0.161. The van der Waals surface area contributed by atoms with Crippen molar-refractivity contribution in [2.75, 3.05) is 4.90 Å². The van der Waals surface area contributed by atoms with E-state index in [4.69, 9.17) is 0 Å². The van der Waals surface area contributed by atoms with Crippen LogP contribution in [0, 0.1) is 17.0 Å². The topological polar surface area (TPSA) is 46.4 Å². The van der Waals surface area contributed by atoms with Gasteiger partial charge in [0.2, 0.25) is 0 Å². The molecule has 4 heteroatoms. The van der Waals surface area contributed by atoms with Crippen LogP contribution in [0.4, 0.5) is 22.7 Å². The van der Waals surface area contributed by atoms with Crippen LogP contribution in [0.15, 0.2) is 103 Å². The standard InChI is InChI=1S/C29H20N2O2/c1-19-8-14-23(15-9-19)30(24-6-3-7-25(18-24)31(32)33)27-17-13-22-11-10-20-4-2-5-21-12-16-26(27)29(22)28(20)21/h2-18H,1H3. The SMILES string of the molecule is Cc1ccc(N(c2cccc([N+](=O)[O-])c2)c2ccc3ccc4cccc5ccc2c3c45)cc1. The highest BCUT2D eigenvalue weighted by Gasteiger charge is 2.19. The van der Waals surface area contributed by atoms with Crippen molar-refractivity contribution in [1.29, 1.82) is 0 Å². The van der Waals surface area contributed by atoms with Gasteiger partial charge in [-0.1, -0.05) is 72.3 Å². The van der Waals surface area contributed by atoms with Gasteiger partial charge in [-0.05, 0) is 58.1 Å². The van der Waals surface area contributed by atoms with Crippen molar-refractivity contribution in [2.24, 2.45) is 0 Å². The number of nitrogens with zero attached hydrogens (tertiary/aromatic N) is 2. The molecule has 0 atom stereocenters. The monoisotopic (exact) mass is 428 g/mol. The molecule has 0 amide bonds. The second-order valence-electron chi connectivity index (χ2n) is 8.39. The van der Waals surface area contributed by atoms with Gasteiger partial charge in [-0.25, -0.2) is 0 Å². The average Bonchev–Trinajstić information content (AvgIpc) is 2.85. The molecule has 6 aromatic carbocycles. The van der Waals surface area contributed by atoms with Crippen LogP contribution in [0.3, 0.4) is 0 Å². The molecular weight excluding hydrogens is 408 g/mol. The predicted octanol–water partition coefficient (Wildman–Crippen LogP) is 8.27. The lowest BCUT2D eigenvalue weighted by atomic mass is 9.93. The Morgan fingerprint density at radius 2 is 1.30 bits per heavy atom. The Morgan fingerprint density at radius 1 is 0.667 bits per heavy atom. The summed E-state index contributed by atoms with van der Waals surface area (Å²) in [5.41, 5.74) is 3.93. The minimum atomic E-state index is -0.346. The maximum atomic E-state index is 11.5. The van der Waals surface area contributed by atoms with Crippen LogP contribution >= 0.6 is 0 Å². The molecule has 0 fully saturated rings. The molecule has 0 aliphatic carbocycles. The molecule has 6 aromatic rings. The van der Waals surface area contributed by atoms with Gasteiger partial charge in [-0.15, -0.1) is 0 Å². The van der Waals surface area contributed by atoms with E-state index in [0.717, 1.165) is 28.0 Å².